The Labute approximate surface area is 97.0 Å². The van der Waals surface area contributed by atoms with Gasteiger partial charge in [-0.15, -0.1) is 0 Å². The maximum atomic E-state index is 12.6. The third-order valence-electron chi connectivity index (χ3n) is 2.81. The van der Waals surface area contributed by atoms with E-state index in [9.17, 15) is 19.3 Å². The fraction of sp³-hybridized carbons (Fsp3) is 0.364. The molecule has 1 aliphatic heterocycles. The Kier molecular flexibility index (Phi) is 2.79. The van der Waals surface area contributed by atoms with E-state index in [-0.39, 0.29) is 18.0 Å². The van der Waals surface area contributed by atoms with Gasteiger partial charge in [-0.2, -0.15) is 0 Å². The molecule has 0 aromatic heterocycles. The van der Waals surface area contributed by atoms with Crippen molar-refractivity contribution in [2.45, 2.75) is 19.4 Å². The number of hydrogen-bond acceptors (Lipinski definition) is 3. The topological polar surface area (TPSA) is 63.5 Å². The Bertz CT molecular complexity index is 490. The minimum atomic E-state index is -0.637. The van der Waals surface area contributed by atoms with Crippen LogP contribution >= 0.6 is 0 Å². The normalized spacial score (nSPS) is 15.9. The van der Waals surface area contributed by atoms with Crippen molar-refractivity contribution in [3.63, 3.8) is 0 Å². The van der Waals surface area contributed by atoms with Gasteiger partial charge in [-0.3, -0.25) is 14.9 Å². The van der Waals surface area contributed by atoms with Gasteiger partial charge >= 0.3 is 0 Å². The number of rotatable bonds is 3. The summed E-state index contributed by atoms with van der Waals surface area (Å²) in [6.07, 6.45) is 0.0986. The molecule has 2 rings (SSSR count). The fourth-order valence-electron chi connectivity index (χ4n) is 2.00. The predicted octanol–water partition coefficient (Wildman–Crippen LogP) is 1.84. The first-order valence-corrected chi connectivity index (χ1v) is 5.20. The van der Waals surface area contributed by atoms with Crippen LogP contribution in [-0.4, -0.2) is 23.5 Å². The molecule has 0 bridgehead atoms. The first-order valence-electron chi connectivity index (χ1n) is 5.20. The van der Waals surface area contributed by atoms with Crippen LogP contribution in [0.4, 0.5) is 15.8 Å². The third-order valence-corrected chi connectivity index (χ3v) is 2.81. The van der Waals surface area contributed by atoms with Crippen molar-refractivity contribution in [1.82, 2.24) is 0 Å². The first-order chi connectivity index (χ1) is 8.04. The number of carbonyl (C=O) groups is 1. The van der Waals surface area contributed by atoms with Crippen LogP contribution in [0.3, 0.4) is 0 Å². The number of carbonyl (C=O) groups excluding carboxylic acids is 1. The van der Waals surface area contributed by atoms with Gasteiger partial charge in [0, 0.05) is 17.8 Å². The number of fused-ring (bicyclic) bond motifs is 1. The minimum Gasteiger partial charge on any atom is -0.306 e. The van der Waals surface area contributed by atoms with Crippen molar-refractivity contribution in [3.05, 3.63) is 33.9 Å². The van der Waals surface area contributed by atoms with Gasteiger partial charge in [0.15, 0.2) is 0 Å². The predicted molar refractivity (Wildman–Crippen MR) is 59.7 cm³/mol. The molecule has 90 valence electrons. The van der Waals surface area contributed by atoms with E-state index in [1.54, 1.807) is 6.92 Å². The second kappa shape index (κ2) is 4.12. The zero-order chi connectivity index (χ0) is 12.6. The Balaban J connectivity index is 2.42. The van der Waals surface area contributed by atoms with Crippen molar-refractivity contribution in [2.75, 3.05) is 11.6 Å². The molecule has 5 nitrogen and oxygen atoms in total. The van der Waals surface area contributed by atoms with E-state index in [2.05, 4.69) is 0 Å². The molecular formula is C11H11FN2O3. The summed E-state index contributed by atoms with van der Waals surface area (Å²) in [7, 11) is 0. The van der Waals surface area contributed by atoms with Gasteiger partial charge in [-0.25, -0.2) is 4.39 Å². The summed E-state index contributed by atoms with van der Waals surface area (Å²) in [4.78, 5) is 23.2. The average Bonchev–Trinajstić information content (AvgIpc) is 2.62. The largest absolute Gasteiger partial charge is 0.306 e. The van der Waals surface area contributed by atoms with Crippen LogP contribution in [0.15, 0.2) is 18.2 Å². The Morgan fingerprint density at radius 3 is 2.88 bits per heavy atom. The lowest BCUT2D eigenvalue weighted by atomic mass is 10.1. The van der Waals surface area contributed by atoms with Crippen LogP contribution < -0.4 is 4.90 Å². The number of halogens is 1. The highest BCUT2D eigenvalue weighted by atomic mass is 19.1. The Morgan fingerprint density at radius 1 is 1.59 bits per heavy atom. The molecule has 1 amide bonds. The lowest BCUT2D eigenvalue weighted by Gasteiger charge is -2.22. The van der Waals surface area contributed by atoms with Gasteiger partial charge in [-0.1, -0.05) is 0 Å². The molecule has 0 spiro atoms. The number of alkyl halides is 1. The third kappa shape index (κ3) is 1.86. The monoisotopic (exact) mass is 238 g/mol. The highest BCUT2D eigenvalue weighted by Crippen LogP contribution is 2.33. The summed E-state index contributed by atoms with van der Waals surface area (Å²) < 4.78 is 12.6. The van der Waals surface area contributed by atoms with Crippen molar-refractivity contribution in [2.24, 2.45) is 0 Å². The van der Waals surface area contributed by atoms with Gasteiger partial charge in [0.2, 0.25) is 5.91 Å². The molecule has 6 heteroatoms. The number of nitrogens with zero attached hydrogens (tertiary/aromatic N) is 2. The zero-order valence-corrected chi connectivity index (χ0v) is 9.22. The van der Waals surface area contributed by atoms with Crippen LogP contribution in [0, 0.1) is 10.1 Å². The number of benzene rings is 1. The Hall–Kier alpha value is -1.98. The molecule has 1 atom stereocenters. The van der Waals surface area contributed by atoms with Gasteiger partial charge in [-0.05, 0) is 18.6 Å². The molecule has 1 aliphatic rings. The van der Waals surface area contributed by atoms with Crippen LogP contribution in [0.2, 0.25) is 0 Å². The molecule has 1 unspecified atom stereocenters. The lowest BCUT2D eigenvalue weighted by Crippen LogP contribution is -2.37. The molecule has 0 N–H and O–H groups in total. The van der Waals surface area contributed by atoms with Crippen LogP contribution in [0.5, 0.6) is 0 Å². The van der Waals surface area contributed by atoms with E-state index in [1.807, 2.05) is 0 Å². The SMILES string of the molecule is CC(CF)N1C(=O)Cc2cc([N+](=O)[O-])ccc21. The molecule has 0 radical (unpaired) electrons. The standard InChI is InChI=1S/C11H11FN2O3/c1-7(6-12)13-10-3-2-9(14(16)17)4-8(10)5-11(13)15/h2-4,7H,5-6H2,1H3. The minimum absolute atomic E-state index is 0.0497. The average molecular weight is 238 g/mol. The van der Waals surface area contributed by atoms with E-state index in [1.165, 1.54) is 23.1 Å². The van der Waals surface area contributed by atoms with Crippen LogP contribution in [0.25, 0.3) is 0 Å². The van der Waals surface area contributed by atoms with Gasteiger partial charge in [0.1, 0.15) is 6.67 Å². The van der Waals surface area contributed by atoms with Crippen molar-refractivity contribution >= 4 is 17.3 Å². The second-order valence-electron chi connectivity index (χ2n) is 4.01. The summed E-state index contributed by atoms with van der Waals surface area (Å²) in [5, 5.41) is 10.6. The summed E-state index contributed by atoms with van der Waals surface area (Å²) >= 11 is 0. The smallest absolute Gasteiger partial charge is 0.269 e. The van der Waals surface area contributed by atoms with E-state index in [0.717, 1.165) is 0 Å². The van der Waals surface area contributed by atoms with Crippen LogP contribution in [-0.2, 0) is 11.2 Å². The molecule has 1 heterocycles. The highest BCUT2D eigenvalue weighted by Gasteiger charge is 2.32. The number of nitro benzene ring substituents is 1. The van der Waals surface area contributed by atoms with Crippen LogP contribution in [0.1, 0.15) is 12.5 Å². The molecule has 1 aromatic rings. The lowest BCUT2D eigenvalue weighted by molar-refractivity contribution is -0.384. The van der Waals surface area contributed by atoms with Crippen molar-refractivity contribution in [3.8, 4) is 0 Å². The highest BCUT2D eigenvalue weighted by molar-refractivity contribution is 6.02. The molecular weight excluding hydrogens is 227 g/mol. The van der Waals surface area contributed by atoms with Gasteiger partial charge in [0.05, 0.1) is 17.4 Å². The van der Waals surface area contributed by atoms with E-state index in [4.69, 9.17) is 0 Å². The first kappa shape index (κ1) is 11.5. The summed E-state index contributed by atoms with van der Waals surface area (Å²) in [5.41, 5.74) is 1.11. The quantitative estimate of drug-likeness (QED) is 0.596. The molecule has 1 aromatic carbocycles. The number of non-ortho nitro benzene ring substituents is 1. The molecule has 0 saturated heterocycles. The maximum Gasteiger partial charge on any atom is 0.269 e. The van der Waals surface area contributed by atoms with E-state index >= 15 is 0 Å². The number of amides is 1. The van der Waals surface area contributed by atoms with E-state index in [0.29, 0.717) is 11.3 Å². The van der Waals surface area contributed by atoms with E-state index < -0.39 is 17.6 Å². The summed E-state index contributed by atoms with van der Waals surface area (Å²) in [6.45, 7) is 0.969. The molecule has 0 fully saturated rings. The maximum absolute atomic E-state index is 12.6. The Morgan fingerprint density at radius 2 is 2.29 bits per heavy atom. The summed E-state index contributed by atoms with van der Waals surface area (Å²) in [5.74, 6) is -0.217. The molecule has 0 saturated carbocycles. The molecule has 0 aliphatic carbocycles. The second-order valence-corrected chi connectivity index (χ2v) is 4.01. The van der Waals surface area contributed by atoms with Crippen molar-refractivity contribution < 1.29 is 14.1 Å². The van der Waals surface area contributed by atoms with Crippen molar-refractivity contribution in [1.29, 1.82) is 0 Å². The molecule has 17 heavy (non-hydrogen) atoms. The number of anilines is 1. The van der Waals surface area contributed by atoms with Gasteiger partial charge < -0.3 is 4.90 Å². The summed E-state index contributed by atoms with van der Waals surface area (Å²) in [6, 6.07) is 3.67. The van der Waals surface area contributed by atoms with Gasteiger partial charge in [0.25, 0.3) is 5.69 Å². The number of nitro groups is 1. The fourth-order valence-corrected chi connectivity index (χ4v) is 2.00. The zero-order valence-electron chi connectivity index (χ0n) is 9.22. The number of hydrogen-bond donors (Lipinski definition) is 0.